The summed E-state index contributed by atoms with van der Waals surface area (Å²) in [4.78, 5) is 31.4. The molecule has 1 aromatic heterocycles. The minimum absolute atomic E-state index is 0.0228. The summed E-state index contributed by atoms with van der Waals surface area (Å²) in [5.41, 5.74) is 3.68. The second-order valence-electron chi connectivity index (χ2n) is 8.13. The van der Waals surface area contributed by atoms with Gasteiger partial charge in [0, 0.05) is 23.5 Å². The molecule has 1 aliphatic heterocycles. The number of benzene rings is 2. The Balaban J connectivity index is 1.63. The number of thiophene rings is 1. The SMILES string of the molecule is CCCN(CC(=O)N1CCc2sccc2C1c1ccccc1C)C(=O)c1cccc(F)c1. The van der Waals surface area contributed by atoms with Crippen LogP contribution in [0.4, 0.5) is 4.39 Å². The smallest absolute Gasteiger partial charge is 0.254 e. The van der Waals surface area contributed by atoms with Gasteiger partial charge < -0.3 is 9.80 Å². The van der Waals surface area contributed by atoms with Crippen molar-refractivity contribution >= 4 is 23.2 Å². The molecule has 1 unspecified atom stereocenters. The van der Waals surface area contributed by atoms with Gasteiger partial charge in [-0.15, -0.1) is 11.3 Å². The van der Waals surface area contributed by atoms with E-state index in [0.717, 1.165) is 17.5 Å². The Labute approximate surface area is 192 Å². The number of hydrogen-bond donors (Lipinski definition) is 0. The molecule has 2 heterocycles. The van der Waals surface area contributed by atoms with Gasteiger partial charge in [-0.05, 0) is 66.1 Å². The van der Waals surface area contributed by atoms with Crippen molar-refractivity contribution in [3.8, 4) is 0 Å². The monoisotopic (exact) mass is 450 g/mol. The van der Waals surface area contributed by atoms with Gasteiger partial charge in [0.2, 0.25) is 5.91 Å². The van der Waals surface area contributed by atoms with E-state index in [1.54, 1.807) is 17.4 Å². The number of fused-ring (bicyclic) bond motifs is 1. The van der Waals surface area contributed by atoms with E-state index in [4.69, 9.17) is 0 Å². The summed E-state index contributed by atoms with van der Waals surface area (Å²) in [5, 5.41) is 2.08. The van der Waals surface area contributed by atoms with Gasteiger partial charge in [0.25, 0.3) is 5.91 Å². The highest BCUT2D eigenvalue weighted by molar-refractivity contribution is 7.10. The average molecular weight is 451 g/mol. The molecule has 0 saturated carbocycles. The molecule has 4 nitrogen and oxygen atoms in total. The Kier molecular flexibility index (Phi) is 6.70. The van der Waals surface area contributed by atoms with Crippen LogP contribution in [-0.2, 0) is 11.2 Å². The lowest BCUT2D eigenvalue weighted by Crippen LogP contribution is -2.47. The van der Waals surface area contributed by atoms with E-state index in [1.165, 1.54) is 33.5 Å². The molecule has 32 heavy (non-hydrogen) atoms. The minimum Gasteiger partial charge on any atom is -0.330 e. The van der Waals surface area contributed by atoms with Gasteiger partial charge in [-0.3, -0.25) is 9.59 Å². The Morgan fingerprint density at radius 1 is 1.12 bits per heavy atom. The van der Waals surface area contributed by atoms with Gasteiger partial charge in [0.1, 0.15) is 12.4 Å². The molecule has 2 amide bonds. The summed E-state index contributed by atoms with van der Waals surface area (Å²) in [5.74, 6) is -0.868. The maximum Gasteiger partial charge on any atom is 0.254 e. The van der Waals surface area contributed by atoms with Crippen molar-refractivity contribution in [2.75, 3.05) is 19.6 Å². The highest BCUT2D eigenvalue weighted by atomic mass is 32.1. The molecular formula is C26H27FN2O2S. The first-order chi connectivity index (χ1) is 15.5. The van der Waals surface area contributed by atoms with Crippen LogP contribution in [-0.4, -0.2) is 41.2 Å². The largest absolute Gasteiger partial charge is 0.330 e. The molecule has 0 bridgehead atoms. The summed E-state index contributed by atoms with van der Waals surface area (Å²) >= 11 is 1.73. The number of carbonyl (C=O) groups is 2. The second kappa shape index (κ2) is 9.65. The van der Waals surface area contributed by atoms with Crippen molar-refractivity contribution < 1.29 is 14.0 Å². The standard InChI is InChI=1S/C26H27FN2O2S/c1-3-13-28(26(31)19-8-6-9-20(27)16-19)17-24(30)29-14-11-23-22(12-15-32-23)25(29)21-10-5-4-7-18(21)2/h4-10,12,15-16,25H,3,11,13-14,17H2,1-2H3. The van der Waals surface area contributed by atoms with Gasteiger partial charge in [-0.2, -0.15) is 0 Å². The molecule has 0 radical (unpaired) electrons. The summed E-state index contributed by atoms with van der Waals surface area (Å²) in [7, 11) is 0. The van der Waals surface area contributed by atoms with E-state index < -0.39 is 5.82 Å². The highest BCUT2D eigenvalue weighted by Gasteiger charge is 2.34. The molecule has 4 rings (SSSR count). The van der Waals surface area contributed by atoms with Crippen molar-refractivity contribution in [3.05, 3.63) is 92.9 Å². The number of carbonyl (C=O) groups excluding carboxylic acids is 2. The maximum absolute atomic E-state index is 13.7. The third kappa shape index (κ3) is 4.46. The number of rotatable bonds is 6. The molecule has 0 spiro atoms. The van der Waals surface area contributed by atoms with Crippen LogP contribution >= 0.6 is 11.3 Å². The average Bonchev–Trinajstić information content (AvgIpc) is 3.27. The number of hydrogen-bond acceptors (Lipinski definition) is 3. The molecule has 0 aliphatic carbocycles. The zero-order valence-corrected chi connectivity index (χ0v) is 19.2. The van der Waals surface area contributed by atoms with Crippen LogP contribution in [0.15, 0.2) is 60.0 Å². The number of aryl methyl sites for hydroxylation is 1. The second-order valence-corrected chi connectivity index (χ2v) is 9.13. The predicted molar refractivity (Wildman–Crippen MR) is 125 cm³/mol. The lowest BCUT2D eigenvalue weighted by atomic mass is 9.90. The van der Waals surface area contributed by atoms with E-state index in [2.05, 4.69) is 30.5 Å². The van der Waals surface area contributed by atoms with E-state index in [0.29, 0.717) is 19.5 Å². The number of amides is 2. The van der Waals surface area contributed by atoms with Crippen LogP contribution in [0.2, 0.25) is 0 Å². The molecule has 2 aromatic carbocycles. The van der Waals surface area contributed by atoms with Gasteiger partial charge in [0.05, 0.1) is 6.04 Å². The van der Waals surface area contributed by atoms with Crippen LogP contribution in [0.3, 0.4) is 0 Å². The molecule has 6 heteroatoms. The zero-order valence-electron chi connectivity index (χ0n) is 18.4. The lowest BCUT2D eigenvalue weighted by Gasteiger charge is -2.38. The van der Waals surface area contributed by atoms with E-state index >= 15 is 0 Å². The fraction of sp³-hybridized carbons (Fsp3) is 0.308. The van der Waals surface area contributed by atoms with Gasteiger partial charge in [-0.1, -0.05) is 37.3 Å². The fourth-order valence-electron chi connectivity index (χ4n) is 4.39. The molecule has 0 N–H and O–H groups in total. The maximum atomic E-state index is 13.7. The summed E-state index contributed by atoms with van der Waals surface area (Å²) in [6, 6.07) is 15.7. The Bertz CT molecular complexity index is 1130. The molecule has 1 aliphatic rings. The third-order valence-corrected chi connectivity index (χ3v) is 6.94. The zero-order chi connectivity index (χ0) is 22.7. The summed E-state index contributed by atoms with van der Waals surface area (Å²) in [6.07, 6.45) is 1.52. The number of nitrogens with zero attached hydrogens (tertiary/aromatic N) is 2. The first-order valence-electron chi connectivity index (χ1n) is 11.0. The van der Waals surface area contributed by atoms with Gasteiger partial charge in [-0.25, -0.2) is 4.39 Å². The minimum atomic E-state index is -0.459. The van der Waals surface area contributed by atoms with Crippen molar-refractivity contribution in [3.63, 3.8) is 0 Å². The normalized spacial score (nSPS) is 15.3. The summed E-state index contributed by atoms with van der Waals surface area (Å²) in [6.45, 7) is 5.05. The third-order valence-electron chi connectivity index (χ3n) is 5.95. The first-order valence-corrected chi connectivity index (χ1v) is 11.8. The van der Waals surface area contributed by atoms with E-state index in [-0.39, 0.29) is 30.0 Å². The predicted octanol–water partition coefficient (Wildman–Crippen LogP) is 5.22. The van der Waals surface area contributed by atoms with Crippen LogP contribution in [0.25, 0.3) is 0 Å². The molecule has 1 atom stereocenters. The van der Waals surface area contributed by atoms with Crippen LogP contribution in [0, 0.1) is 12.7 Å². The van der Waals surface area contributed by atoms with Crippen molar-refractivity contribution in [1.29, 1.82) is 0 Å². The lowest BCUT2D eigenvalue weighted by molar-refractivity contribution is -0.134. The Morgan fingerprint density at radius 3 is 2.69 bits per heavy atom. The van der Waals surface area contributed by atoms with Gasteiger partial charge in [0.15, 0.2) is 0 Å². The quantitative estimate of drug-likeness (QED) is 0.516. The Hall–Kier alpha value is -2.99. The highest BCUT2D eigenvalue weighted by Crippen LogP contribution is 2.39. The molecule has 166 valence electrons. The van der Waals surface area contributed by atoms with Crippen molar-refractivity contribution in [2.24, 2.45) is 0 Å². The molecule has 0 fully saturated rings. The van der Waals surface area contributed by atoms with Gasteiger partial charge >= 0.3 is 0 Å². The fourth-order valence-corrected chi connectivity index (χ4v) is 5.30. The first kappa shape index (κ1) is 22.2. The topological polar surface area (TPSA) is 40.6 Å². The summed E-state index contributed by atoms with van der Waals surface area (Å²) < 4.78 is 13.7. The van der Waals surface area contributed by atoms with E-state index in [9.17, 15) is 14.0 Å². The van der Waals surface area contributed by atoms with Crippen LogP contribution < -0.4 is 0 Å². The van der Waals surface area contributed by atoms with Crippen LogP contribution in [0.1, 0.15) is 51.3 Å². The van der Waals surface area contributed by atoms with Crippen LogP contribution in [0.5, 0.6) is 0 Å². The van der Waals surface area contributed by atoms with E-state index in [1.807, 2.05) is 24.0 Å². The molecule has 3 aromatic rings. The molecule has 0 saturated heterocycles. The van der Waals surface area contributed by atoms with Crippen molar-refractivity contribution in [1.82, 2.24) is 9.80 Å². The Morgan fingerprint density at radius 2 is 1.94 bits per heavy atom. The molecular weight excluding hydrogens is 423 g/mol. The number of halogens is 1. The van der Waals surface area contributed by atoms with Crippen molar-refractivity contribution in [2.45, 2.75) is 32.7 Å².